The lowest BCUT2D eigenvalue weighted by Crippen LogP contribution is -2.28. The van der Waals surface area contributed by atoms with E-state index in [0.29, 0.717) is 5.90 Å². The van der Waals surface area contributed by atoms with Gasteiger partial charge in [0.1, 0.15) is 11.7 Å². The minimum absolute atomic E-state index is 0.0324. The first-order chi connectivity index (χ1) is 6.36. The third-order valence-electron chi connectivity index (χ3n) is 2.10. The molecule has 70 valence electrons. The van der Waals surface area contributed by atoms with Gasteiger partial charge in [-0.2, -0.15) is 0 Å². The lowest BCUT2D eigenvalue weighted by atomic mass is 10.0. The van der Waals surface area contributed by atoms with Gasteiger partial charge in [0.05, 0.1) is 19.6 Å². The van der Waals surface area contributed by atoms with Gasteiger partial charge in [-0.05, 0) is 11.0 Å². The number of rotatable bonds is 1. The summed E-state index contributed by atoms with van der Waals surface area (Å²) in [6, 6.07) is 0. The Balaban J connectivity index is 2.26. The molecule has 1 N–H and O–H groups in total. The van der Waals surface area contributed by atoms with Gasteiger partial charge in [-0.15, -0.1) is 11.8 Å². The van der Waals surface area contributed by atoms with Crippen LogP contribution in [0.5, 0.6) is 0 Å². The average molecular weight is 198 g/mol. The SMILES string of the molecule is COC1=NC=NC2SC=C(CO)C12. The number of methoxy groups -OCH3 is 1. The number of hydrogen-bond acceptors (Lipinski definition) is 5. The van der Waals surface area contributed by atoms with Crippen LogP contribution in [0.1, 0.15) is 0 Å². The van der Waals surface area contributed by atoms with Gasteiger partial charge in [-0.25, -0.2) is 4.99 Å². The van der Waals surface area contributed by atoms with E-state index < -0.39 is 0 Å². The van der Waals surface area contributed by atoms with Crippen LogP contribution in [-0.4, -0.2) is 36.4 Å². The Morgan fingerprint density at radius 2 is 2.54 bits per heavy atom. The summed E-state index contributed by atoms with van der Waals surface area (Å²) in [6.45, 7) is 0.0477. The maximum Gasteiger partial charge on any atom is 0.199 e. The first-order valence-electron chi connectivity index (χ1n) is 3.95. The minimum atomic E-state index is 0.0324. The van der Waals surface area contributed by atoms with Crippen molar-refractivity contribution in [2.45, 2.75) is 5.37 Å². The van der Waals surface area contributed by atoms with Gasteiger partial charge >= 0.3 is 0 Å². The lowest BCUT2D eigenvalue weighted by molar-refractivity contribution is 0.311. The second kappa shape index (κ2) is 3.51. The second-order valence-electron chi connectivity index (χ2n) is 2.79. The molecule has 2 rings (SSSR count). The molecule has 2 aliphatic rings. The molecule has 0 fully saturated rings. The zero-order chi connectivity index (χ0) is 9.26. The van der Waals surface area contributed by atoms with Crippen LogP contribution in [0.4, 0.5) is 0 Å². The van der Waals surface area contributed by atoms with Gasteiger partial charge in [0, 0.05) is 0 Å². The Morgan fingerprint density at radius 3 is 3.23 bits per heavy atom. The second-order valence-corrected chi connectivity index (χ2v) is 3.78. The Kier molecular flexibility index (Phi) is 2.37. The van der Waals surface area contributed by atoms with Crippen molar-refractivity contribution in [2.24, 2.45) is 15.9 Å². The van der Waals surface area contributed by atoms with Crippen LogP contribution in [-0.2, 0) is 4.74 Å². The number of ether oxygens (including phenoxy) is 1. The van der Waals surface area contributed by atoms with Crippen LogP contribution >= 0.6 is 11.8 Å². The Morgan fingerprint density at radius 1 is 1.69 bits per heavy atom. The number of thioether (sulfide) groups is 1. The van der Waals surface area contributed by atoms with Gasteiger partial charge in [-0.3, -0.25) is 4.99 Å². The molecule has 13 heavy (non-hydrogen) atoms. The van der Waals surface area contributed by atoms with Crippen molar-refractivity contribution in [3.05, 3.63) is 11.0 Å². The Labute approximate surface area is 80.4 Å². The summed E-state index contributed by atoms with van der Waals surface area (Å²) in [6.07, 6.45) is 1.52. The number of fused-ring (bicyclic) bond motifs is 1. The molecule has 0 bridgehead atoms. The van der Waals surface area contributed by atoms with E-state index in [1.165, 1.54) is 6.34 Å². The van der Waals surface area contributed by atoms with E-state index in [4.69, 9.17) is 9.84 Å². The van der Waals surface area contributed by atoms with E-state index in [-0.39, 0.29) is 17.9 Å². The number of aliphatic hydroxyl groups excluding tert-OH is 1. The van der Waals surface area contributed by atoms with E-state index >= 15 is 0 Å². The van der Waals surface area contributed by atoms with Crippen molar-refractivity contribution in [3.63, 3.8) is 0 Å². The zero-order valence-electron chi connectivity index (χ0n) is 7.17. The molecule has 0 spiro atoms. The molecule has 0 radical (unpaired) electrons. The third kappa shape index (κ3) is 1.38. The van der Waals surface area contributed by atoms with Crippen LogP contribution in [0.15, 0.2) is 21.0 Å². The fourth-order valence-electron chi connectivity index (χ4n) is 1.45. The summed E-state index contributed by atoms with van der Waals surface area (Å²) in [5, 5.41) is 11.1. The largest absolute Gasteiger partial charge is 0.484 e. The highest BCUT2D eigenvalue weighted by Crippen LogP contribution is 2.38. The van der Waals surface area contributed by atoms with Crippen LogP contribution in [0.3, 0.4) is 0 Å². The zero-order valence-corrected chi connectivity index (χ0v) is 7.99. The molecule has 5 heteroatoms. The number of nitrogens with zero attached hydrogens (tertiary/aromatic N) is 2. The maximum absolute atomic E-state index is 9.07. The lowest BCUT2D eigenvalue weighted by Gasteiger charge is -2.21. The molecule has 0 amide bonds. The molecule has 0 aliphatic carbocycles. The molecule has 2 heterocycles. The molecule has 2 unspecified atom stereocenters. The normalized spacial score (nSPS) is 30.9. The van der Waals surface area contributed by atoms with Crippen LogP contribution in [0.25, 0.3) is 0 Å². The van der Waals surface area contributed by atoms with Crippen molar-refractivity contribution in [1.29, 1.82) is 0 Å². The predicted molar refractivity (Wildman–Crippen MR) is 53.0 cm³/mol. The van der Waals surface area contributed by atoms with E-state index in [1.807, 2.05) is 5.41 Å². The van der Waals surface area contributed by atoms with Crippen molar-refractivity contribution >= 4 is 24.0 Å². The summed E-state index contributed by atoms with van der Waals surface area (Å²) in [4.78, 5) is 8.22. The Bertz CT molecular complexity index is 299. The number of hydrogen-bond donors (Lipinski definition) is 1. The molecule has 2 atom stereocenters. The molecule has 0 saturated heterocycles. The highest BCUT2D eigenvalue weighted by Gasteiger charge is 2.36. The molecule has 0 aromatic rings. The minimum Gasteiger partial charge on any atom is -0.484 e. The smallest absolute Gasteiger partial charge is 0.199 e. The molecule has 0 aromatic heterocycles. The standard InChI is InChI=1S/C8H10N2O2S/c1-12-7-6-5(2-11)3-13-8(6)10-4-9-7/h3-4,6,8,11H,2H2,1H3. The molecule has 4 nitrogen and oxygen atoms in total. The quantitative estimate of drug-likeness (QED) is 0.672. The molecule has 0 saturated carbocycles. The van der Waals surface area contributed by atoms with Crippen LogP contribution in [0.2, 0.25) is 0 Å². The molecular formula is C8H10N2O2S. The van der Waals surface area contributed by atoms with Gasteiger partial charge in [0.25, 0.3) is 0 Å². The fraction of sp³-hybridized carbons (Fsp3) is 0.500. The van der Waals surface area contributed by atoms with E-state index in [9.17, 15) is 0 Å². The number of aliphatic hydroxyl groups is 1. The van der Waals surface area contributed by atoms with Gasteiger partial charge in [0.15, 0.2) is 5.90 Å². The van der Waals surface area contributed by atoms with Crippen molar-refractivity contribution in [1.82, 2.24) is 0 Å². The molecule has 2 aliphatic heterocycles. The topological polar surface area (TPSA) is 54.2 Å². The number of aliphatic imine (C=N–C) groups is 2. The van der Waals surface area contributed by atoms with Crippen LogP contribution < -0.4 is 0 Å². The average Bonchev–Trinajstić information content (AvgIpc) is 2.60. The highest BCUT2D eigenvalue weighted by atomic mass is 32.2. The van der Waals surface area contributed by atoms with Crippen molar-refractivity contribution < 1.29 is 9.84 Å². The summed E-state index contributed by atoms with van der Waals surface area (Å²) < 4.78 is 5.13. The van der Waals surface area contributed by atoms with Crippen molar-refractivity contribution in [3.8, 4) is 0 Å². The predicted octanol–water partition coefficient (Wildman–Crippen LogP) is 0.638. The van der Waals surface area contributed by atoms with Crippen molar-refractivity contribution in [2.75, 3.05) is 13.7 Å². The monoisotopic (exact) mass is 198 g/mol. The summed E-state index contributed by atoms with van der Waals surface area (Å²) in [5.41, 5.74) is 0.937. The maximum atomic E-state index is 9.07. The first kappa shape index (κ1) is 8.77. The molecular weight excluding hydrogens is 188 g/mol. The Hall–Kier alpha value is -0.810. The third-order valence-corrected chi connectivity index (χ3v) is 3.21. The highest BCUT2D eigenvalue weighted by molar-refractivity contribution is 8.03. The summed E-state index contributed by atoms with van der Waals surface area (Å²) >= 11 is 1.60. The van der Waals surface area contributed by atoms with Gasteiger partial charge < -0.3 is 9.84 Å². The van der Waals surface area contributed by atoms with Gasteiger partial charge in [0.2, 0.25) is 0 Å². The van der Waals surface area contributed by atoms with E-state index in [1.54, 1.807) is 18.9 Å². The van der Waals surface area contributed by atoms with E-state index in [0.717, 1.165) is 5.57 Å². The van der Waals surface area contributed by atoms with Crippen LogP contribution in [0, 0.1) is 5.92 Å². The summed E-state index contributed by atoms with van der Waals surface area (Å²) in [5.74, 6) is 0.676. The fourth-order valence-corrected chi connectivity index (χ4v) is 2.55. The van der Waals surface area contributed by atoms with Gasteiger partial charge in [-0.1, -0.05) is 0 Å². The molecule has 0 aromatic carbocycles. The summed E-state index contributed by atoms with van der Waals surface area (Å²) in [7, 11) is 1.59. The van der Waals surface area contributed by atoms with E-state index in [2.05, 4.69) is 9.98 Å². The first-order valence-corrected chi connectivity index (χ1v) is 4.89.